The Labute approximate surface area is 120 Å². The molecule has 0 aromatic heterocycles. The van der Waals surface area contributed by atoms with Gasteiger partial charge in [0.05, 0.1) is 16.0 Å². The number of carboxylic acid groups (broad SMARTS) is 1. The second-order valence-electron chi connectivity index (χ2n) is 4.63. The Hall–Kier alpha value is -1.20. The Balaban J connectivity index is 2.23. The van der Waals surface area contributed by atoms with Crippen LogP contribution in [0.2, 0.25) is 5.02 Å². The van der Waals surface area contributed by atoms with Crippen LogP contribution in [-0.4, -0.2) is 27.5 Å². The molecule has 19 heavy (non-hydrogen) atoms. The number of carboxylic acids is 1. The molecule has 4 nitrogen and oxygen atoms in total. The van der Waals surface area contributed by atoms with Crippen LogP contribution in [0.15, 0.2) is 18.2 Å². The average Bonchev–Trinajstić information content (AvgIpc) is 2.79. The summed E-state index contributed by atoms with van der Waals surface area (Å²) in [7, 11) is 0. The zero-order valence-electron chi connectivity index (χ0n) is 10.4. The summed E-state index contributed by atoms with van der Waals surface area (Å²) in [5.41, 5.74) is 0.295. The van der Waals surface area contributed by atoms with Crippen LogP contribution in [0.3, 0.4) is 0 Å². The molecule has 1 aliphatic rings. The fraction of sp³-hybridized carbons (Fsp3) is 0.385. The number of nitrogens with one attached hydrogen (secondary N) is 1. The van der Waals surface area contributed by atoms with Crippen molar-refractivity contribution < 1.29 is 14.7 Å². The van der Waals surface area contributed by atoms with Gasteiger partial charge in [-0.25, -0.2) is 4.79 Å². The summed E-state index contributed by atoms with van der Waals surface area (Å²) >= 11 is 7.38. The van der Waals surface area contributed by atoms with E-state index in [4.69, 9.17) is 16.7 Å². The number of aromatic carboxylic acids is 1. The monoisotopic (exact) mass is 299 g/mol. The molecule has 0 aliphatic carbocycles. The molecule has 0 bridgehead atoms. The molecule has 102 valence electrons. The van der Waals surface area contributed by atoms with Crippen LogP contribution >= 0.6 is 23.4 Å². The Morgan fingerprint density at radius 2 is 2.21 bits per heavy atom. The molecule has 6 heteroatoms. The molecule has 2 rings (SSSR count). The maximum absolute atomic E-state index is 12.2. The molecule has 1 aromatic rings. The van der Waals surface area contributed by atoms with E-state index in [-0.39, 0.29) is 17.2 Å². The largest absolute Gasteiger partial charge is 0.478 e. The van der Waals surface area contributed by atoms with E-state index in [0.29, 0.717) is 5.02 Å². The lowest BCUT2D eigenvalue weighted by Crippen LogP contribution is -2.35. The zero-order valence-corrected chi connectivity index (χ0v) is 12.0. The normalized spacial score (nSPS) is 22.2. The van der Waals surface area contributed by atoms with Crippen LogP contribution < -0.4 is 5.32 Å². The summed E-state index contributed by atoms with van der Waals surface area (Å²) in [6.45, 7) is 1.89. The lowest BCUT2D eigenvalue weighted by atomic mass is 10.0. The second kappa shape index (κ2) is 5.43. The van der Waals surface area contributed by atoms with Gasteiger partial charge in [0.1, 0.15) is 0 Å². The Morgan fingerprint density at radius 3 is 2.79 bits per heavy atom. The highest BCUT2D eigenvalue weighted by Crippen LogP contribution is 2.38. The highest BCUT2D eigenvalue weighted by Gasteiger charge is 2.37. The van der Waals surface area contributed by atoms with Crippen molar-refractivity contribution >= 4 is 40.9 Å². The van der Waals surface area contributed by atoms with Gasteiger partial charge in [0.15, 0.2) is 0 Å². The molecule has 0 radical (unpaired) electrons. The number of hydrogen-bond donors (Lipinski definition) is 2. The summed E-state index contributed by atoms with van der Waals surface area (Å²) in [6, 6.07) is 4.42. The van der Waals surface area contributed by atoms with Gasteiger partial charge < -0.3 is 10.4 Å². The van der Waals surface area contributed by atoms with Gasteiger partial charge >= 0.3 is 5.97 Å². The van der Waals surface area contributed by atoms with E-state index in [0.717, 1.165) is 18.6 Å². The number of halogens is 1. The fourth-order valence-corrected chi connectivity index (χ4v) is 3.40. The summed E-state index contributed by atoms with van der Waals surface area (Å²) in [5, 5.41) is 12.2. The van der Waals surface area contributed by atoms with Crippen molar-refractivity contribution in [2.75, 3.05) is 11.1 Å². The number of rotatable bonds is 3. The molecular weight excluding hydrogens is 286 g/mol. The van der Waals surface area contributed by atoms with Crippen LogP contribution in [0.25, 0.3) is 0 Å². The highest BCUT2D eigenvalue weighted by molar-refractivity contribution is 8.01. The van der Waals surface area contributed by atoms with Gasteiger partial charge in [-0.1, -0.05) is 11.6 Å². The van der Waals surface area contributed by atoms with Crippen LogP contribution in [0.4, 0.5) is 5.69 Å². The van der Waals surface area contributed by atoms with Gasteiger partial charge in [-0.05, 0) is 43.7 Å². The fourth-order valence-electron chi connectivity index (χ4n) is 2.02. The van der Waals surface area contributed by atoms with Crippen LogP contribution in [0.1, 0.15) is 30.1 Å². The number of benzene rings is 1. The predicted molar refractivity (Wildman–Crippen MR) is 77.1 cm³/mol. The first kappa shape index (κ1) is 14.2. The van der Waals surface area contributed by atoms with Gasteiger partial charge in [0, 0.05) is 5.02 Å². The summed E-state index contributed by atoms with van der Waals surface area (Å²) in [4.78, 5) is 23.4. The van der Waals surface area contributed by atoms with E-state index in [1.54, 1.807) is 17.8 Å². The Kier molecular flexibility index (Phi) is 4.06. The number of anilines is 1. The minimum atomic E-state index is -1.11. The number of thioether (sulfide) groups is 1. The molecule has 1 heterocycles. The number of carbonyl (C=O) groups excluding carboxylic acids is 1. The van der Waals surface area contributed by atoms with E-state index >= 15 is 0 Å². The van der Waals surface area contributed by atoms with Crippen molar-refractivity contribution in [1.29, 1.82) is 0 Å². The van der Waals surface area contributed by atoms with E-state index in [9.17, 15) is 9.59 Å². The third-order valence-corrected chi connectivity index (χ3v) is 4.91. The molecule has 1 aliphatic heterocycles. The number of amides is 1. The predicted octanol–water partition coefficient (Wildman–Crippen LogP) is 3.26. The molecule has 0 spiro atoms. The standard InChI is InChI=1S/C13H14ClNO3S/c1-13(5-2-6-19-13)12(18)15-10-4-3-8(14)7-9(10)11(16)17/h3-4,7H,2,5-6H2,1H3,(H,15,18)(H,16,17). The second-order valence-corrected chi connectivity index (χ2v) is 6.67. The molecular formula is C13H14ClNO3S. The number of hydrogen-bond acceptors (Lipinski definition) is 3. The van der Waals surface area contributed by atoms with Gasteiger partial charge in [-0.2, -0.15) is 0 Å². The topological polar surface area (TPSA) is 66.4 Å². The van der Waals surface area contributed by atoms with Crippen LogP contribution in [-0.2, 0) is 4.79 Å². The van der Waals surface area contributed by atoms with Crippen molar-refractivity contribution in [2.24, 2.45) is 0 Å². The highest BCUT2D eigenvalue weighted by atomic mass is 35.5. The molecule has 1 aromatic carbocycles. The van der Waals surface area contributed by atoms with Crippen molar-refractivity contribution in [1.82, 2.24) is 0 Å². The van der Waals surface area contributed by atoms with Gasteiger partial charge in [0.25, 0.3) is 0 Å². The molecule has 1 saturated heterocycles. The van der Waals surface area contributed by atoms with E-state index < -0.39 is 10.7 Å². The summed E-state index contributed by atoms with van der Waals surface area (Å²) in [5.74, 6) is -0.307. The lowest BCUT2D eigenvalue weighted by Gasteiger charge is -2.22. The first-order valence-electron chi connectivity index (χ1n) is 5.91. The van der Waals surface area contributed by atoms with Crippen molar-refractivity contribution in [2.45, 2.75) is 24.5 Å². The van der Waals surface area contributed by atoms with E-state index in [2.05, 4.69) is 5.32 Å². The summed E-state index contributed by atoms with van der Waals surface area (Å²) < 4.78 is -0.477. The lowest BCUT2D eigenvalue weighted by molar-refractivity contribution is -0.118. The van der Waals surface area contributed by atoms with E-state index in [1.165, 1.54) is 12.1 Å². The first-order valence-corrected chi connectivity index (χ1v) is 7.27. The summed E-state index contributed by atoms with van der Waals surface area (Å²) in [6.07, 6.45) is 1.81. The van der Waals surface area contributed by atoms with Gasteiger partial charge in [-0.15, -0.1) is 11.8 Å². The Morgan fingerprint density at radius 1 is 1.47 bits per heavy atom. The molecule has 1 unspecified atom stereocenters. The van der Waals surface area contributed by atoms with Gasteiger partial charge in [-0.3, -0.25) is 4.79 Å². The van der Waals surface area contributed by atoms with Crippen LogP contribution in [0.5, 0.6) is 0 Å². The van der Waals surface area contributed by atoms with Crippen molar-refractivity contribution in [3.8, 4) is 0 Å². The van der Waals surface area contributed by atoms with Gasteiger partial charge in [0.2, 0.25) is 5.91 Å². The minimum absolute atomic E-state index is 0.00690. The maximum atomic E-state index is 12.2. The SMILES string of the molecule is CC1(C(=O)Nc2ccc(Cl)cc2C(=O)O)CCCS1. The maximum Gasteiger partial charge on any atom is 0.337 e. The third kappa shape index (κ3) is 3.04. The molecule has 1 fully saturated rings. The molecule has 1 atom stereocenters. The molecule has 0 saturated carbocycles. The average molecular weight is 300 g/mol. The third-order valence-electron chi connectivity index (χ3n) is 3.16. The van der Waals surface area contributed by atoms with E-state index in [1.807, 2.05) is 6.92 Å². The van der Waals surface area contributed by atoms with Crippen LogP contribution in [0, 0.1) is 0 Å². The Bertz CT molecular complexity index is 527. The zero-order chi connectivity index (χ0) is 14.0. The molecule has 2 N–H and O–H groups in total. The minimum Gasteiger partial charge on any atom is -0.478 e. The number of carbonyl (C=O) groups is 2. The molecule has 1 amide bonds. The smallest absolute Gasteiger partial charge is 0.337 e. The van der Waals surface area contributed by atoms with Crippen molar-refractivity contribution in [3.63, 3.8) is 0 Å². The van der Waals surface area contributed by atoms with Crippen molar-refractivity contribution in [3.05, 3.63) is 28.8 Å². The first-order chi connectivity index (χ1) is 8.92. The quantitative estimate of drug-likeness (QED) is 0.899.